The second kappa shape index (κ2) is 14.8. The molecule has 11 heteroatoms. The summed E-state index contributed by atoms with van der Waals surface area (Å²) in [5.41, 5.74) is 22.8. The molecule has 11 nitrogen and oxygen atoms in total. The first kappa shape index (κ1) is 26.9. The molecule has 0 fully saturated rings. The van der Waals surface area contributed by atoms with E-state index in [1.165, 1.54) is 0 Å². The Kier molecular flexibility index (Phi) is 12.4. The summed E-state index contributed by atoms with van der Waals surface area (Å²) in [5.74, 6) is -2.35. The van der Waals surface area contributed by atoms with Crippen LogP contribution in [0.4, 0.5) is 0 Å². The zero-order valence-corrected chi connectivity index (χ0v) is 18.2. The molecular weight excluding hydrogens is 414 g/mol. The van der Waals surface area contributed by atoms with Gasteiger partial charge < -0.3 is 38.7 Å². The molecule has 0 saturated carbocycles. The Bertz CT molecular complexity index is 754. The molecule has 32 heavy (non-hydrogen) atoms. The molecule has 1 rings (SSSR count). The summed E-state index contributed by atoms with van der Waals surface area (Å²) in [4.78, 5) is 40.9. The van der Waals surface area contributed by atoms with E-state index in [0.717, 1.165) is 12.0 Å². The number of aliphatic imine (C=N–C) groups is 1. The van der Waals surface area contributed by atoms with E-state index in [1.54, 1.807) is 24.3 Å². The second-order valence-electron chi connectivity index (χ2n) is 7.49. The van der Waals surface area contributed by atoms with Crippen LogP contribution >= 0.6 is 0 Å². The summed E-state index contributed by atoms with van der Waals surface area (Å²) in [7, 11) is 0. The van der Waals surface area contributed by atoms with Gasteiger partial charge >= 0.3 is 5.97 Å². The highest BCUT2D eigenvalue weighted by molar-refractivity contribution is 5.91. The van der Waals surface area contributed by atoms with Crippen LogP contribution in [0.25, 0.3) is 0 Å². The third kappa shape index (κ3) is 10.7. The number of hydrogen-bond donors (Lipinski definition) is 7. The van der Waals surface area contributed by atoms with Crippen LogP contribution in [0.2, 0.25) is 0 Å². The van der Waals surface area contributed by atoms with E-state index >= 15 is 0 Å². The third-order valence-electron chi connectivity index (χ3n) is 4.78. The van der Waals surface area contributed by atoms with Gasteiger partial charge in [0.05, 0.1) is 6.04 Å². The normalized spacial score (nSPS) is 13.4. The molecule has 0 spiro atoms. The zero-order chi connectivity index (χ0) is 23.9. The Morgan fingerprint density at radius 1 is 0.938 bits per heavy atom. The van der Waals surface area contributed by atoms with E-state index in [9.17, 15) is 19.5 Å². The average Bonchev–Trinajstić information content (AvgIpc) is 2.75. The number of carbonyl (C=O) groups is 3. The molecule has 1 aromatic rings. The quantitative estimate of drug-likeness (QED) is 0.0978. The highest BCUT2D eigenvalue weighted by Crippen LogP contribution is 2.06. The van der Waals surface area contributed by atoms with Crippen molar-refractivity contribution in [1.29, 1.82) is 0 Å². The van der Waals surface area contributed by atoms with Gasteiger partial charge in [0.25, 0.3) is 0 Å². The summed E-state index contributed by atoms with van der Waals surface area (Å²) in [6.07, 6.45) is 2.57. The predicted molar refractivity (Wildman–Crippen MR) is 122 cm³/mol. The van der Waals surface area contributed by atoms with Gasteiger partial charge in [-0.05, 0) is 37.8 Å². The molecule has 11 N–H and O–H groups in total. The third-order valence-corrected chi connectivity index (χ3v) is 4.78. The first-order valence-electron chi connectivity index (χ1n) is 10.6. The van der Waals surface area contributed by atoms with Crippen molar-refractivity contribution in [1.82, 2.24) is 10.6 Å². The molecule has 178 valence electrons. The van der Waals surface area contributed by atoms with Gasteiger partial charge in [0.1, 0.15) is 12.1 Å². The molecule has 0 heterocycles. The maximum atomic E-state index is 12.9. The number of carbonyl (C=O) groups excluding carboxylic acids is 2. The minimum atomic E-state index is -1.17. The molecule has 0 aliphatic carbocycles. The van der Waals surface area contributed by atoms with Gasteiger partial charge in [-0.25, -0.2) is 4.79 Å². The molecule has 0 aliphatic heterocycles. The van der Waals surface area contributed by atoms with Crippen LogP contribution in [0.3, 0.4) is 0 Å². The van der Waals surface area contributed by atoms with Crippen LogP contribution in [0.15, 0.2) is 35.3 Å². The fraction of sp³-hybridized carbons (Fsp3) is 0.524. The van der Waals surface area contributed by atoms with Gasteiger partial charge in [-0.2, -0.15) is 0 Å². The maximum Gasteiger partial charge on any atom is 0.326 e. The van der Waals surface area contributed by atoms with Crippen molar-refractivity contribution >= 4 is 23.7 Å². The van der Waals surface area contributed by atoms with Crippen molar-refractivity contribution in [2.24, 2.45) is 27.9 Å². The van der Waals surface area contributed by atoms with Crippen LogP contribution in [-0.2, 0) is 20.8 Å². The van der Waals surface area contributed by atoms with Crippen LogP contribution in [0.5, 0.6) is 0 Å². The van der Waals surface area contributed by atoms with E-state index in [4.69, 9.17) is 22.9 Å². The molecule has 3 unspecified atom stereocenters. The SMILES string of the molecule is NCCCCC(N)C(=O)NC(CCCN=C(N)N)C(=O)NC(Cc1ccccc1)C(=O)O. The molecule has 0 bridgehead atoms. The van der Waals surface area contributed by atoms with E-state index in [1.807, 2.05) is 6.07 Å². The predicted octanol–water partition coefficient (Wildman–Crippen LogP) is -1.21. The number of benzene rings is 1. The number of hydrogen-bond acceptors (Lipinski definition) is 6. The summed E-state index contributed by atoms with van der Waals surface area (Å²) in [5, 5.41) is 14.7. The van der Waals surface area contributed by atoms with E-state index in [2.05, 4.69) is 15.6 Å². The first-order valence-corrected chi connectivity index (χ1v) is 10.6. The van der Waals surface area contributed by atoms with Crippen LogP contribution in [0, 0.1) is 0 Å². The van der Waals surface area contributed by atoms with Crippen molar-refractivity contribution in [2.75, 3.05) is 13.1 Å². The Balaban J connectivity index is 2.82. The number of carboxylic acids is 1. The number of carboxylic acid groups (broad SMARTS) is 1. The summed E-state index contributed by atoms with van der Waals surface area (Å²) >= 11 is 0. The number of nitrogens with one attached hydrogen (secondary N) is 2. The zero-order valence-electron chi connectivity index (χ0n) is 18.2. The van der Waals surface area contributed by atoms with Crippen molar-refractivity contribution in [3.63, 3.8) is 0 Å². The van der Waals surface area contributed by atoms with E-state index in [-0.39, 0.29) is 25.3 Å². The first-order chi connectivity index (χ1) is 15.2. The Morgan fingerprint density at radius 2 is 1.59 bits per heavy atom. The number of rotatable bonds is 15. The summed E-state index contributed by atoms with van der Waals surface area (Å²) in [6, 6.07) is 6.01. The van der Waals surface area contributed by atoms with Crippen molar-refractivity contribution < 1.29 is 19.5 Å². The van der Waals surface area contributed by atoms with Gasteiger partial charge in [0.15, 0.2) is 5.96 Å². The standard InChI is InChI=1S/C21H35N7O4/c22-11-5-4-9-15(23)18(29)27-16(10-6-12-26-21(24)25)19(30)28-17(20(31)32)13-14-7-2-1-3-8-14/h1-3,7-8,15-17H,4-6,9-13,22-23H2,(H,27,29)(H,28,30)(H,31,32)(H4,24,25,26). The van der Waals surface area contributed by atoms with Crippen LogP contribution in [0.1, 0.15) is 37.7 Å². The number of nitrogens with two attached hydrogens (primary N) is 4. The molecular formula is C21H35N7O4. The molecule has 0 radical (unpaired) electrons. The molecule has 0 saturated heterocycles. The largest absolute Gasteiger partial charge is 0.480 e. The van der Waals surface area contributed by atoms with E-state index < -0.39 is 35.9 Å². The van der Waals surface area contributed by atoms with Crippen molar-refractivity contribution in [3.8, 4) is 0 Å². The smallest absolute Gasteiger partial charge is 0.326 e. The number of amides is 2. The van der Waals surface area contributed by atoms with Crippen molar-refractivity contribution in [2.45, 2.75) is 56.7 Å². The minimum absolute atomic E-state index is 0.0780. The fourth-order valence-electron chi connectivity index (χ4n) is 3.01. The second-order valence-corrected chi connectivity index (χ2v) is 7.49. The topological polar surface area (TPSA) is 212 Å². The average molecular weight is 450 g/mol. The van der Waals surface area contributed by atoms with Crippen LogP contribution in [-0.4, -0.2) is 60.1 Å². The van der Waals surface area contributed by atoms with Gasteiger partial charge in [-0.15, -0.1) is 0 Å². The number of aliphatic carboxylic acids is 1. The molecule has 0 aliphatic rings. The fourth-order valence-corrected chi connectivity index (χ4v) is 3.01. The Hall–Kier alpha value is -3.18. The minimum Gasteiger partial charge on any atom is -0.480 e. The number of unbranched alkanes of at least 4 members (excludes halogenated alkanes) is 1. The van der Waals surface area contributed by atoms with Crippen LogP contribution < -0.4 is 33.6 Å². The Labute approximate surface area is 188 Å². The summed E-state index contributed by atoms with van der Waals surface area (Å²) < 4.78 is 0. The highest BCUT2D eigenvalue weighted by atomic mass is 16.4. The van der Waals surface area contributed by atoms with Gasteiger partial charge in [-0.3, -0.25) is 14.6 Å². The lowest BCUT2D eigenvalue weighted by Crippen LogP contribution is -2.54. The van der Waals surface area contributed by atoms with Gasteiger partial charge in [-0.1, -0.05) is 36.8 Å². The molecule has 3 atom stereocenters. The highest BCUT2D eigenvalue weighted by Gasteiger charge is 2.27. The van der Waals surface area contributed by atoms with Gasteiger partial charge in [0, 0.05) is 13.0 Å². The summed E-state index contributed by atoms with van der Waals surface area (Å²) in [6.45, 7) is 0.763. The van der Waals surface area contributed by atoms with E-state index in [0.29, 0.717) is 25.8 Å². The Morgan fingerprint density at radius 3 is 2.19 bits per heavy atom. The van der Waals surface area contributed by atoms with Crippen molar-refractivity contribution in [3.05, 3.63) is 35.9 Å². The lowest BCUT2D eigenvalue weighted by atomic mass is 10.0. The monoisotopic (exact) mass is 449 g/mol. The molecule has 0 aromatic heterocycles. The molecule has 1 aromatic carbocycles. The van der Waals surface area contributed by atoms with Gasteiger partial charge in [0.2, 0.25) is 11.8 Å². The number of guanidine groups is 1. The molecule has 2 amide bonds. The number of nitrogens with zero attached hydrogens (tertiary/aromatic N) is 1. The lowest BCUT2D eigenvalue weighted by molar-refractivity contribution is -0.142. The maximum absolute atomic E-state index is 12.9. The lowest BCUT2D eigenvalue weighted by Gasteiger charge is -2.23.